The number of benzene rings is 3. The lowest BCUT2D eigenvalue weighted by molar-refractivity contribution is 0.0920. The van der Waals surface area contributed by atoms with Crippen LogP contribution >= 0.6 is 34.8 Å². The van der Waals surface area contributed by atoms with Gasteiger partial charge in [0.1, 0.15) is 5.58 Å². The third-order valence-corrected chi connectivity index (χ3v) is 5.87. The van der Waals surface area contributed by atoms with Crippen molar-refractivity contribution in [2.75, 3.05) is 6.61 Å². The van der Waals surface area contributed by atoms with Crippen LogP contribution in [0.2, 0.25) is 15.1 Å². The molecule has 4 aromatic rings. The third kappa shape index (κ3) is 4.26. The molecule has 4 rings (SSSR count). The molecular formula is C25H17Cl3O4. The second-order valence-corrected chi connectivity index (χ2v) is 8.61. The Balaban J connectivity index is 1.84. The maximum Gasteiger partial charge on any atom is 0.235 e. The second-order valence-electron chi connectivity index (χ2n) is 7.36. The zero-order chi connectivity index (χ0) is 23.0. The summed E-state index contributed by atoms with van der Waals surface area (Å²) in [5.41, 5.74) is 2.46. The molecule has 0 bridgehead atoms. The fourth-order valence-electron chi connectivity index (χ4n) is 3.56. The molecule has 0 unspecified atom stereocenters. The van der Waals surface area contributed by atoms with Crippen molar-refractivity contribution in [3.8, 4) is 17.1 Å². The minimum Gasteiger partial charge on any atom is -0.478 e. The van der Waals surface area contributed by atoms with Crippen molar-refractivity contribution < 1.29 is 13.9 Å². The summed E-state index contributed by atoms with van der Waals surface area (Å²) in [6.07, 6.45) is 0. The number of fused-ring (bicyclic) bond motifs is 1. The SMILES string of the molecule is Cc1cc(C)c2c(=O)c(OCC(=O)c3ccc(Cl)cc3Cl)c(-c3ccccc3Cl)oc2c1. The zero-order valence-electron chi connectivity index (χ0n) is 17.2. The van der Waals surface area contributed by atoms with E-state index < -0.39 is 12.4 Å². The molecule has 3 aromatic carbocycles. The molecule has 0 aliphatic carbocycles. The topological polar surface area (TPSA) is 56.5 Å². The van der Waals surface area contributed by atoms with Crippen molar-refractivity contribution in [1.29, 1.82) is 0 Å². The Labute approximate surface area is 199 Å². The van der Waals surface area contributed by atoms with Crippen LogP contribution in [-0.2, 0) is 0 Å². The summed E-state index contributed by atoms with van der Waals surface area (Å²) in [4.78, 5) is 26.2. The summed E-state index contributed by atoms with van der Waals surface area (Å²) in [7, 11) is 0. The van der Waals surface area contributed by atoms with Gasteiger partial charge in [-0.15, -0.1) is 0 Å². The monoisotopic (exact) mass is 486 g/mol. The molecule has 0 atom stereocenters. The first-order valence-electron chi connectivity index (χ1n) is 9.70. The van der Waals surface area contributed by atoms with Gasteiger partial charge >= 0.3 is 0 Å². The van der Waals surface area contributed by atoms with Crippen LogP contribution < -0.4 is 10.2 Å². The highest BCUT2D eigenvalue weighted by atomic mass is 35.5. The van der Waals surface area contributed by atoms with E-state index in [0.717, 1.165) is 11.1 Å². The minimum atomic E-state index is -0.417. The maximum atomic E-state index is 13.4. The normalized spacial score (nSPS) is 11.0. The van der Waals surface area contributed by atoms with Gasteiger partial charge in [-0.3, -0.25) is 9.59 Å². The summed E-state index contributed by atoms with van der Waals surface area (Å²) in [5, 5.41) is 1.39. The largest absolute Gasteiger partial charge is 0.478 e. The fraction of sp³-hybridized carbons (Fsp3) is 0.120. The quantitative estimate of drug-likeness (QED) is 0.277. The van der Waals surface area contributed by atoms with E-state index in [1.807, 2.05) is 19.9 Å². The van der Waals surface area contributed by atoms with Crippen LogP contribution in [0.1, 0.15) is 21.5 Å². The average Bonchev–Trinajstić information content (AvgIpc) is 2.72. The Morgan fingerprint density at radius 1 is 0.969 bits per heavy atom. The van der Waals surface area contributed by atoms with E-state index >= 15 is 0 Å². The van der Waals surface area contributed by atoms with Crippen LogP contribution in [0, 0.1) is 13.8 Å². The summed E-state index contributed by atoms with van der Waals surface area (Å²) in [6.45, 7) is 3.32. The van der Waals surface area contributed by atoms with Gasteiger partial charge in [0, 0.05) is 16.1 Å². The van der Waals surface area contributed by atoms with E-state index in [4.69, 9.17) is 44.0 Å². The van der Waals surface area contributed by atoms with Crippen molar-refractivity contribution in [1.82, 2.24) is 0 Å². The molecular weight excluding hydrogens is 471 g/mol. The fourth-order valence-corrected chi connectivity index (χ4v) is 4.29. The van der Waals surface area contributed by atoms with E-state index in [0.29, 0.717) is 26.6 Å². The molecule has 0 aliphatic heterocycles. The Hall–Kier alpha value is -2.79. The standard InChI is InChI=1S/C25H17Cl3O4/c1-13-9-14(2)22-21(10-13)32-24(17-5-3-4-6-18(17)27)25(23(22)30)31-12-20(29)16-8-7-15(26)11-19(16)28/h3-11H,12H2,1-2H3. The Morgan fingerprint density at radius 3 is 2.44 bits per heavy atom. The molecule has 1 heterocycles. The predicted molar refractivity (Wildman–Crippen MR) is 129 cm³/mol. The van der Waals surface area contributed by atoms with Gasteiger partial charge in [0.25, 0.3) is 0 Å². The first-order chi connectivity index (χ1) is 15.3. The predicted octanol–water partition coefficient (Wildman–Crippen LogP) is 7.30. The Bertz CT molecular complexity index is 1420. The van der Waals surface area contributed by atoms with E-state index in [-0.39, 0.29) is 27.5 Å². The molecule has 7 heteroatoms. The molecule has 0 saturated carbocycles. The van der Waals surface area contributed by atoms with E-state index in [1.165, 1.54) is 12.1 Å². The molecule has 0 aliphatic rings. The third-order valence-electron chi connectivity index (χ3n) is 4.99. The lowest BCUT2D eigenvalue weighted by atomic mass is 10.0. The smallest absolute Gasteiger partial charge is 0.235 e. The molecule has 4 nitrogen and oxygen atoms in total. The Kier molecular flexibility index (Phi) is 6.29. The number of ether oxygens (including phenoxy) is 1. The molecule has 0 saturated heterocycles. The minimum absolute atomic E-state index is 0.0870. The Morgan fingerprint density at radius 2 is 1.72 bits per heavy atom. The van der Waals surface area contributed by atoms with Crippen LogP contribution in [0.4, 0.5) is 0 Å². The number of rotatable bonds is 5. The lowest BCUT2D eigenvalue weighted by Crippen LogP contribution is -2.18. The highest BCUT2D eigenvalue weighted by molar-refractivity contribution is 6.37. The summed E-state index contributed by atoms with van der Waals surface area (Å²) in [5.74, 6) is -0.332. The molecule has 0 spiro atoms. The molecule has 0 radical (unpaired) electrons. The number of hydrogen-bond donors (Lipinski definition) is 0. The van der Waals surface area contributed by atoms with Crippen molar-refractivity contribution in [2.45, 2.75) is 13.8 Å². The van der Waals surface area contributed by atoms with Gasteiger partial charge in [-0.25, -0.2) is 0 Å². The highest BCUT2D eigenvalue weighted by Gasteiger charge is 2.22. The van der Waals surface area contributed by atoms with Gasteiger partial charge in [0.05, 0.1) is 15.4 Å². The molecule has 0 N–H and O–H groups in total. The molecule has 0 fully saturated rings. The van der Waals surface area contributed by atoms with Gasteiger partial charge < -0.3 is 9.15 Å². The van der Waals surface area contributed by atoms with Crippen LogP contribution in [0.15, 0.2) is 63.8 Å². The highest BCUT2D eigenvalue weighted by Crippen LogP contribution is 2.36. The summed E-state index contributed by atoms with van der Waals surface area (Å²) >= 11 is 18.4. The van der Waals surface area contributed by atoms with E-state index in [9.17, 15) is 9.59 Å². The number of ketones is 1. The number of halogens is 3. The second kappa shape index (κ2) is 8.99. The molecule has 1 aromatic heterocycles. The number of hydrogen-bond acceptors (Lipinski definition) is 4. The molecule has 162 valence electrons. The number of aryl methyl sites for hydroxylation is 2. The van der Waals surface area contributed by atoms with Crippen molar-refractivity contribution >= 4 is 51.6 Å². The van der Waals surface area contributed by atoms with Gasteiger partial charge in [-0.05, 0) is 61.4 Å². The number of carbonyl (C=O) groups is 1. The number of Topliss-reactive ketones (excluding diaryl/α,β-unsaturated/α-hetero) is 1. The van der Waals surface area contributed by atoms with Crippen LogP contribution in [0.3, 0.4) is 0 Å². The number of carbonyl (C=O) groups excluding carboxylic acids is 1. The van der Waals surface area contributed by atoms with Crippen LogP contribution in [0.25, 0.3) is 22.3 Å². The summed E-state index contributed by atoms with van der Waals surface area (Å²) in [6, 6.07) is 15.2. The van der Waals surface area contributed by atoms with Gasteiger partial charge in [0.15, 0.2) is 12.4 Å². The van der Waals surface area contributed by atoms with Crippen molar-refractivity contribution in [3.63, 3.8) is 0 Å². The summed E-state index contributed by atoms with van der Waals surface area (Å²) < 4.78 is 11.9. The first-order valence-corrected chi connectivity index (χ1v) is 10.8. The molecule has 32 heavy (non-hydrogen) atoms. The van der Waals surface area contributed by atoms with Crippen molar-refractivity contribution in [3.05, 3.63) is 96.6 Å². The zero-order valence-corrected chi connectivity index (χ0v) is 19.4. The molecule has 0 amide bonds. The van der Waals surface area contributed by atoms with Gasteiger partial charge in [0.2, 0.25) is 17.0 Å². The average molecular weight is 488 g/mol. The maximum absolute atomic E-state index is 13.4. The van der Waals surface area contributed by atoms with Crippen LogP contribution in [-0.4, -0.2) is 12.4 Å². The first kappa shape index (κ1) is 22.4. The lowest BCUT2D eigenvalue weighted by Gasteiger charge is -2.14. The van der Waals surface area contributed by atoms with E-state index in [2.05, 4.69) is 0 Å². The van der Waals surface area contributed by atoms with Gasteiger partial charge in [-0.2, -0.15) is 0 Å². The van der Waals surface area contributed by atoms with Crippen molar-refractivity contribution in [2.24, 2.45) is 0 Å². The van der Waals surface area contributed by atoms with Crippen LogP contribution in [0.5, 0.6) is 5.75 Å². The van der Waals surface area contributed by atoms with Gasteiger partial charge in [-0.1, -0.05) is 53.0 Å². The van der Waals surface area contributed by atoms with E-state index in [1.54, 1.807) is 36.4 Å².